The standard InChI is InChI=1S/C20H27N7O3/c1-13-15(9-25(2)23-13)19(29)26-7-3-6-20(11-26)12-27-17(10-30-20)16(22-24-27)8-21-18(28)14-4-5-14/h9,14H,3-8,10-12H2,1-2H3,(H,21,28). The van der Waals surface area contributed by atoms with Gasteiger partial charge in [0.25, 0.3) is 5.91 Å². The van der Waals surface area contributed by atoms with Crippen LogP contribution in [-0.2, 0) is 36.3 Å². The van der Waals surface area contributed by atoms with Gasteiger partial charge < -0.3 is 15.0 Å². The Kier molecular flexibility index (Phi) is 4.61. The number of carbonyl (C=O) groups is 2. The molecule has 2 aliphatic heterocycles. The summed E-state index contributed by atoms with van der Waals surface area (Å²) in [6, 6.07) is 0. The summed E-state index contributed by atoms with van der Waals surface area (Å²) in [7, 11) is 1.82. The Morgan fingerprint density at radius 1 is 1.33 bits per heavy atom. The molecular formula is C20H27N7O3. The fourth-order valence-corrected chi connectivity index (χ4v) is 4.49. The second kappa shape index (κ2) is 7.19. The van der Waals surface area contributed by atoms with Crippen LogP contribution in [-0.4, -0.2) is 60.2 Å². The van der Waals surface area contributed by atoms with Crippen LogP contribution in [0.15, 0.2) is 6.20 Å². The molecule has 0 bridgehead atoms. The Morgan fingerprint density at radius 2 is 2.17 bits per heavy atom. The zero-order valence-corrected chi connectivity index (χ0v) is 17.4. The Morgan fingerprint density at radius 3 is 2.90 bits per heavy atom. The number of nitrogens with zero attached hydrogens (tertiary/aromatic N) is 6. The first kappa shape index (κ1) is 19.2. The van der Waals surface area contributed by atoms with Crippen LogP contribution in [0.3, 0.4) is 0 Å². The first-order chi connectivity index (χ1) is 14.4. The molecule has 1 unspecified atom stereocenters. The van der Waals surface area contributed by atoms with Crippen molar-refractivity contribution in [1.82, 2.24) is 35.0 Å². The van der Waals surface area contributed by atoms with Crippen LogP contribution in [0.2, 0.25) is 0 Å². The van der Waals surface area contributed by atoms with Gasteiger partial charge in [0, 0.05) is 25.7 Å². The summed E-state index contributed by atoms with van der Waals surface area (Å²) in [5.74, 6) is 0.262. The normalized spacial score (nSPS) is 23.5. The van der Waals surface area contributed by atoms with Crippen LogP contribution in [0.25, 0.3) is 0 Å². The third-order valence-electron chi connectivity index (χ3n) is 6.32. The SMILES string of the molecule is Cc1nn(C)cc1C(=O)N1CCCC2(C1)Cn1nnc(CNC(=O)C3CC3)c1CO2. The highest BCUT2D eigenvalue weighted by atomic mass is 16.5. The summed E-state index contributed by atoms with van der Waals surface area (Å²) in [6.07, 6.45) is 5.48. The van der Waals surface area contributed by atoms with Crippen LogP contribution in [0, 0.1) is 12.8 Å². The Balaban J connectivity index is 1.28. The van der Waals surface area contributed by atoms with Gasteiger partial charge in [-0.05, 0) is 32.6 Å². The van der Waals surface area contributed by atoms with E-state index in [-0.39, 0.29) is 17.7 Å². The van der Waals surface area contributed by atoms with E-state index < -0.39 is 5.60 Å². The third-order valence-corrected chi connectivity index (χ3v) is 6.32. The molecule has 1 aliphatic carbocycles. The van der Waals surface area contributed by atoms with Gasteiger partial charge in [0.1, 0.15) is 11.3 Å². The number of carbonyl (C=O) groups excluding carboxylic acids is 2. The van der Waals surface area contributed by atoms with E-state index in [9.17, 15) is 9.59 Å². The maximum atomic E-state index is 13.1. The second-order valence-corrected chi connectivity index (χ2v) is 8.74. The monoisotopic (exact) mass is 413 g/mol. The van der Waals surface area contributed by atoms with Gasteiger partial charge >= 0.3 is 0 Å². The lowest BCUT2D eigenvalue weighted by molar-refractivity contribution is -0.123. The molecular weight excluding hydrogens is 386 g/mol. The van der Waals surface area contributed by atoms with E-state index in [1.54, 1.807) is 10.9 Å². The topological polar surface area (TPSA) is 107 Å². The van der Waals surface area contributed by atoms with Crippen LogP contribution in [0.5, 0.6) is 0 Å². The number of amides is 2. The van der Waals surface area contributed by atoms with Gasteiger partial charge in [-0.2, -0.15) is 5.10 Å². The second-order valence-electron chi connectivity index (χ2n) is 8.74. The predicted molar refractivity (Wildman–Crippen MR) is 105 cm³/mol. The maximum Gasteiger partial charge on any atom is 0.257 e. The van der Waals surface area contributed by atoms with Crippen LogP contribution < -0.4 is 5.32 Å². The number of aryl methyl sites for hydroxylation is 2. The largest absolute Gasteiger partial charge is 0.365 e. The number of ether oxygens (including phenoxy) is 1. The highest BCUT2D eigenvalue weighted by Crippen LogP contribution is 2.33. The third kappa shape index (κ3) is 3.49. The van der Waals surface area contributed by atoms with Crippen LogP contribution in [0.4, 0.5) is 0 Å². The summed E-state index contributed by atoms with van der Waals surface area (Å²) in [4.78, 5) is 26.8. The average molecular weight is 413 g/mol. The lowest BCUT2D eigenvalue weighted by Gasteiger charge is -2.44. The minimum absolute atomic E-state index is 0.00357. The van der Waals surface area contributed by atoms with Gasteiger partial charge in [-0.15, -0.1) is 5.10 Å². The molecule has 2 aromatic rings. The van der Waals surface area contributed by atoms with E-state index in [0.717, 1.165) is 42.8 Å². The zero-order valence-electron chi connectivity index (χ0n) is 17.4. The molecule has 1 spiro atoms. The molecule has 160 valence electrons. The molecule has 1 saturated heterocycles. The van der Waals surface area contributed by atoms with Crippen molar-refractivity contribution < 1.29 is 14.3 Å². The van der Waals surface area contributed by atoms with Crippen molar-refractivity contribution in [2.24, 2.45) is 13.0 Å². The van der Waals surface area contributed by atoms with E-state index >= 15 is 0 Å². The molecule has 0 aromatic carbocycles. The average Bonchev–Trinajstić information content (AvgIpc) is 3.43. The molecule has 10 nitrogen and oxygen atoms in total. The van der Waals surface area contributed by atoms with E-state index in [4.69, 9.17) is 4.74 Å². The van der Waals surface area contributed by atoms with Gasteiger partial charge in [0.05, 0.1) is 43.2 Å². The van der Waals surface area contributed by atoms with Crippen molar-refractivity contribution in [3.63, 3.8) is 0 Å². The first-order valence-corrected chi connectivity index (χ1v) is 10.6. The predicted octanol–water partition coefficient (Wildman–Crippen LogP) is 0.551. The fourth-order valence-electron chi connectivity index (χ4n) is 4.49. The minimum atomic E-state index is -0.459. The number of rotatable bonds is 4. The highest BCUT2D eigenvalue weighted by molar-refractivity contribution is 5.95. The Bertz CT molecular complexity index is 993. The molecule has 3 aliphatic rings. The molecule has 1 atom stereocenters. The zero-order chi connectivity index (χ0) is 20.9. The Hall–Kier alpha value is -2.75. The van der Waals surface area contributed by atoms with E-state index in [0.29, 0.717) is 38.3 Å². The highest BCUT2D eigenvalue weighted by Gasteiger charge is 2.43. The first-order valence-electron chi connectivity index (χ1n) is 10.6. The number of fused-ring (bicyclic) bond motifs is 1. The number of nitrogens with one attached hydrogen (secondary N) is 1. The number of likely N-dealkylation sites (tertiary alicyclic amines) is 1. The van der Waals surface area contributed by atoms with Gasteiger partial charge in [-0.3, -0.25) is 14.3 Å². The summed E-state index contributed by atoms with van der Waals surface area (Å²) < 4.78 is 9.87. The van der Waals surface area contributed by atoms with Gasteiger partial charge in [0.15, 0.2) is 0 Å². The molecule has 1 N–H and O–H groups in total. The number of aromatic nitrogens is 5. The molecule has 5 rings (SSSR count). The van der Waals surface area contributed by atoms with E-state index in [1.165, 1.54) is 0 Å². The molecule has 4 heterocycles. The Labute approximate surface area is 174 Å². The minimum Gasteiger partial charge on any atom is -0.365 e. The van der Waals surface area contributed by atoms with Crippen molar-refractivity contribution >= 4 is 11.8 Å². The smallest absolute Gasteiger partial charge is 0.257 e. The van der Waals surface area contributed by atoms with Crippen LogP contribution in [0.1, 0.15) is 53.1 Å². The molecule has 10 heteroatoms. The molecule has 1 saturated carbocycles. The van der Waals surface area contributed by atoms with Gasteiger partial charge in [-0.1, -0.05) is 5.21 Å². The van der Waals surface area contributed by atoms with Gasteiger partial charge in [-0.25, -0.2) is 4.68 Å². The van der Waals surface area contributed by atoms with E-state index in [1.807, 2.05) is 23.6 Å². The lowest BCUT2D eigenvalue weighted by atomic mass is 9.90. The molecule has 2 aromatic heterocycles. The van der Waals surface area contributed by atoms with Crippen molar-refractivity contribution in [1.29, 1.82) is 0 Å². The molecule has 2 amide bonds. The summed E-state index contributed by atoms with van der Waals surface area (Å²) in [6.45, 7) is 4.41. The molecule has 0 radical (unpaired) electrons. The van der Waals surface area contributed by atoms with E-state index in [2.05, 4.69) is 20.7 Å². The number of hydrogen-bond acceptors (Lipinski definition) is 6. The summed E-state index contributed by atoms with van der Waals surface area (Å²) in [5, 5.41) is 15.8. The van der Waals surface area contributed by atoms with Crippen molar-refractivity contribution in [2.45, 2.75) is 57.9 Å². The van der Waals surface area contributed by atoms with Crippen molar-refractivity contribution in [3.05, 3.63) is 28.8 Å². The number of piperidine rings is 1. The van der Waals surface area contributed by atoms with Gasteiger partial charge in [0.2, 0.25) is 5.91 Å². The molecule has 30 heavy (non-hydrogen) atoms. The number of hydrogen-bond donors (Lipinski definition) is 1. The van der Waals surface area contributed by atoms with Crippen molar-refractivity contribution in [2.75, 3.05) is 13.1 Å². The lowest BCUT2D eigenvalue weighted by Crippen LogP contribution is -2.55. The summed E-state index contributed by atoms with van der Waals surface area (Å²) >= 11 is 0. The summed E-state index contributed by atoms with van der Waals surface area (Å²) in [5.41, 5.74) is 2.58. The molecule has 2 fully saturated rings. The van der Waals surface area contributed by atoms with Crippen molar-refractivity contribution in [3.8, 4) is 0 Å². The fraction of sp³-hybridized carbons (Fsp3) is 0.650. The van der Waals surface area contributed by atoms with Crippen LogP contribution >= 0.6 is 0 Å². The quantitative estimate of drug-likeness (QED) is 0.785. The maximum absolute atomic E-state index is 13.1.